The third kappa shape index (κ3) is 6.51. The third-order valence-electron chi connectivity index (χ3n) is 2.79. The highest BCUT2D eigenvalue weighted by Gasteiger charge is 2.20. The van der Waals surface area contributed by atoms with E-state index in [1.807, 2.05) is 27.7 Å². The second kappa shape index (κ2) is 6.24. The molecule has 0 aromatic heterocycles. The van der Waals surface area contributed by atoms with Crippen LogP contribution in [-0.4, -0.2) is 30.9 Å². The molecule has 17 heavy (non-hydrogen) atoms. The monoisotopic (exact) mass is 243 g/mol. The van der Waals surface area contributed by atoms with Crippen molar-refractivity contribution < 1.29 is 14.3 Å². The summed E-state index contributed by atoms with van der Waals surface area (Å²) in [6.07, 6.45) is 2.88. The van der Waals surface area contributed by atoms with E-state index in [9.17, 15) is 4.79 Å². The average Bonchev–Trinajstić information content (AvgIpc) is 2.15. The lowest BCUT2D eigenvalue weighted by molar-refractivity contribution is 0.0461. The molecule has 0 aromatic carbocycles. The van der Waals surface area contributed by atoms with Gasteiger partial charge in [-0.1, -0.05) is 0 Å². The largest absolute Gasteiger partial charge is 0.444 e. The van der Waals surface area contributed by atoms with Crippen molar-refractivity contribution in [2.24, 2.45) is 5.92 Å². The Bertz CT molecular complexity index is 242. The van der Waals surface area contributed by atoms with Gasteiger partial charge in [-0.05, 0) is 52.9 Å². The van der Waals surface area contributed by atoms with Gasteiger partial charge in [-0.3, -0.25) is 0 Å². The summed E-state index contributed by atoms with van der Waals surface area (Å²) in [4.78, 5) is 11.6. The Morgan fingerprint density at radius 1 is 1.41 bits per heavy atom. The number of nitrogens with one attached hydrogen (secondary N) is 1. The van der Waals surface area contributed by atoms with Crippen LogP contribution in [0.25, 0.3) is 0 Å². The lowest BCUT2D eigenvalue weighted by atomic mass is 9.93. The molecule has 1 atom stereocenters. The molecule has 100 valence electrons. The van der Waals surface area contributed by atoms with Crippen molar-refractivity contribution in [3.8, 4) is 0 Å². The first-order valence-corrected chi connectivity index (χ1v) is 6.44. The SMILES string of the molecule is CC(CC1CCOCC1)NC(=O)OC(C)(C)C. The van der Waals surface area contributed by atoms with Crippen molar-refractivity contribution in [1.82, 2.24) is 5.32 Å². The molecule has 1 saturated heterocycles. The average molecular weight is 243 g/mol. The van der Waals surface area contributed by atoms with Crippen molar-refractivity contribution in [1.29, 1.82) is 0 Å². The zero-order chi connectivity index (χ0) is 12.9. The zero-order valence-electron chi connectivity index (χ0n) is 11.4. The van der Waals surface area contributed by atoms with E-state index in [0.717, 1.165) is 32.5 Å². The Hall–Kier alpha value is -0.770. The van der Waals surface area contributed by atoms with Gasteiger partial charge in [0.2, 0.25) is 0 Å². The summed E-state index contributed by atoms with van der Waals surface area (Å²) in [5.41, 5.74) is -0.428. The maximum atomic E-state index is 11.6. The molecule has 0 bridgehead atoms. The highest BCUT2D eigenvalue weighted by Crippen LogP contribution is 2.20. The number of amides is 1. The van der Waals surface area contributed by atoms with Gasteiger partial charge in [0.05, 0.1) is 0 Å². The number of alkyl carbamates (subject to hydrolysis) is 1. The molecule has 4 nitrogen and oxygen atoms in total. The molecule has 0 saturated carbocycles. The predicted octanol–water partition coefficient (Wildman–Crippen LogP) is 2.72. The van der Waals surface area contributed by atoms with Crippen LogP contribution in [0.4, 0.5) is 4.79 Å². The first-order chi connectivity index (χ1) is 7.87. The molecule has 1 heterocycles. The summed E-state index contributed by atoms with van der Waals surface area (Å²) in [6.45, 7) is 9.34. The Morgan fingerprint density at radius 2 is 2.00 bits per heavy atom. The maximum absolute atomic E-state index is 11.6. The van der Waals surface area contributed by atoms with Crippen LogP contribution in [0.5, 0.6) is 0 Å². The summed E-state index contributed by atoms with van der Waals surface area (Å²) in [7, 11) is 0. The lowest BCUT2D eigenvalue weighted by Crippen LogP contribution is -2.39. The van der Waals surface area contributed by atoms with E-state index in [-0.39, 0.29) is 12.1 Å². The van der Waals surface area contributed by atoms with E-state index in [4.69, 9.17) is 9.47 Å². The van der Waals surface area contributed by atoms with Crippen molar-refractivity contribution >= 4 is 6.09 Å². The van der Waals surface area contributed by atoms with Crippen molar-refractivity contribution in [2.75, 3.05) is 13.2 Å². The topological polar surface area (TPSA) is 47.6 Å². The van der Waals surface area contributed by atoms with E-state index in [1.54, 1.807) is 0 Å². The highest BCUT2D eigenvalue weighted by molar-refractivity contribution is 5.67. The minimum absolute atomic E-state index is 0.160. The first-order valence-electron chi connectivity index (χ1n) is 6.44. The number of carbonyl (C=O) groups excluding carboxylic acids is 1. The van der Waals surface area contributed by atoms with E-state index >= 15 is 0 Å². The van der Waals surface area contributed by atoms with Gasteiger partial charge >= 0.3 is 6.09 Å². The van der Waals surface area contributed by atoms with Crippen LogP contribution in [0.1, 0.15) is 47.0 Å². The smallest absolute Gasteiger partial charge is 0.407 e. The Kier molecular flexibility index (Phi) is 5.25. The van der Waals surface area contributed by atoms with E-state index < -0.39 is 5.60 Å². The maximum Gasteiger partial charge on any atom is 0.407 e. The predicted molar refractivity (Wildman–Crippen MR) is 67.0 cm³/mol. The summed E-state index contributed by atoms with van der Waals surface area (Å²) >= 11 is 0. The fraction of sp³-hybridized carbons (Fsp3) is 0.923. The summed E-state index contributed by atoms with van der Waals surface area (Å²) < 4.78 is 10.5. The fourth-order valence-electron chi connectivity index (χ4n) is 2.05. The summed E-state index contributed by atoms with van der Waals surface area (Å²) in [5.74, 6) is 0.661. The first kappa shape index (κ1) is 14.3. The van der Waals surface area contributed by atoms with Gasteiger partial charge in [-0.2, -0.15) is 0 Å². The summed E-state index contributed by atoms with van der Waals surface area (Å²) in [6, 6.07) is 0.160. The van der Waals surface area contributed by atoms with Crippen LogP contribution in [0, 0.1) is 5.92 Å². The molecule has 4 heteroatoms. The minimum atomic E-state index is -0.428. The molecule has 1 aliphatic rings. The zero-order valence-corrected chi connectivity index (χ0v) is 11.4. The van der Waals surface area contributed by atoms with Crippen molar-refractivity contribution in [3.05, 3.63) is 0 Å². The van der Waals surface area contributed by atoms with Crippen LogP contribution < -0.4 is 5.32 Å². The Morgan fingerprint density at radius 3 is 2.53 bits per heavy atom. The van der Waals surface area contributed by atoms with Crippen LogP contribution >= 0.6 is 0 Å². The van der Waals surface area contributed by atoms with Gasteiger partial charge < -0.3 is 14.8 Å². The molecule has 1 unspecified atom stereocenters. The fourth-order valence-corrected chi connectivity index (χ4v) is 2.05. The molecule has 0 aliphatic carbocycles. The number of hydrogen-bond donors (Lipinski definition) is 1. The van der Waals surface area contributed by atoms with Crippen molar-refractivity contribution in [3.63, 3.8) is 0 Å². The lowest BCUT2D eigenvalue weighted by Gasteiger charge is -2.26. The standard InChI is InChI=1S/C13H25NO3/c1-10(9-11-5-7-16-8-6-11)14-12(15)17-13(2,3)4/h10-11H,5-9H2,1-4H3,(H,14,15). The van der Waals surface area contributed by atoms with Crippen LogP contribution in [0.2, 0.25) is 0 Å². The molecular formula is C13H25NO3. The van der Waals surface area contributed by atoms with E-state index in [0.29, 0.717) is 5.92 Å². The summed E-state index contributed by atoms with van der Waals surface area (Å²) in [5, 5.41) is 2.88. The van der Waals surface area contributed by atoms with Gasteiger partial charge in [-0.15, -0.1) is 0 Å². The van der Waals surface area contributed by atoms with E-state index in [2.05, 4.69) is 5.32 Å². The number of ether oxygens (including phenoxy) is 2. The molecule has 1 N–H and O–H groups in total. The quantitative estimate of drug-likeness (QED) is 0.829. The molecule has 1 fully saturated rings. The Labute approximate surface area is 104 Å². The van der Waals surface area contributed by atoms with Crippen LogP contribution in [-0.2, 0) is 9.47 Å². The molecular weight excluding hydrogens is 218 g/mol. The molecule has 0 aromatic rings. The third-order valence-corrected chi connectivity index (χ3v) is 2.79. The molecule has 0 spiro atoms. The van der Waals surface area contributed by atoms with Crippen LogP contribution in [0.15, 0.2) is 0 Å². The molecule has 0 radical (unpaired) electrons. The van der Waals surface area contributed by atoms with Gasteiger partial charge in [0.25, 0.3) is 0 Å². The molecule has 1 rings (SSSR count). The number of carbonyl (C=O) groups is 1. The normalized spacial score (nSPS) is 19.8. The second-order valence-corrected chi connectivity index (χ2v) is 5.84. The van der Waals surface area contributed by atoms with Gasteiger partial charge in [0, 0.05) is 19.3 Å². The van der Waals surface area contributed by atoms with Gasteiger partial charge in [-0.25, -0.2) is 4.79 Å². The minimum Gasteiger partial charge on any atom is -0.444 e. The van der Waals surface area contributed by atoms with E-state index in [1.165, 1.54) is 0 Å². The van der Waals surface area contributed by atoms with Crippen LogP contribution in [0.3, 0.4) is 0 Å². The molecule has 1 amide bonds. The second-order valence-electron chi connectivity index (χ2n) is 5.84. The van der Waals surface area contributed by atoms with Crippen molar-refractivity contribution in [2.45, 2.75) is 58.6 Å². The molecule has 1 aliphatic heterocycles. The van der Waals surface area contributed by atoms with Gasteiger partial charge in [0.1, 0.15) is 5.60 Å². The number of rotatable bonds is 3. The number of hydrogen-bond acceptors (Lipinski definition) is 3. The van der Waals surface area contributed by atoms with Gasteiger partial charge in [0.15, 0.2) is 0 Å². The highest BCUT2D eigenvalue weighted by atomic mass is 16.6. The Balaban J connectivity index is 2.23.